The average molecular weight is 409 g/mol. The standard InChI is InChI=1S/C23H32N6O/c1-16-25-21-10-5-8-19(21)23(26-16)24-15-18-7-2-3-11-28(18)12-13-29-22(30)14-17-6-4-9-20(17)27-29/h14,18H,2-13,15H2,1H3,(H,24,25,26). The minimum atomic E-state index is 0.0503. The lowest BCUT2D eigenvalue weighted by atomic mass is 10.0. The van der Waals surface area contributed by atoms with Crippen molar-refractivity contribution < 1.29 is 0 Å². The minimum Gasteiger partial charge on any atom is -0.368 e. The predicted octanol–water partition coefficient (Wildman–Crippen LogP) is 2.29. The van der Waals surface area contributed by atoms with Gasteiger partial charge in [-0.25, -0.2) is 14.6 Å². The fraction of sp³-hybridized carbons (Fsp3) is 0.652. The van der Waals surface area contributed by atoms with Crippen molar-refractivity contribution in [3.05, 3.63) is 44.8 Å². The van der Waals surface area contributed by atoms with Gasteiger partial charge < -0.3 is 5.32 Å². The molecule has 1 atom stereocenters. The van der Waals surface area contributed by atoms with E-state index in [-0.39, 0.29) is 5.56 Å². The van der Waals surface area contributed by atoms with E-state index in [2.05, 4.69) is 20.3 Å². The second-order valence-corrected chi connectivity index (χ2v) is 9.00. The molecule has 0 amide bonds. The monoisotopic (exact) mass is 408 g/mol. The molecule has 0 radical (unpaired) electrons. The van der Waals surface area contributed by atoms with Crippen molar-refractivity contribution in [1.82, 2.24) is 24.6 Å². The number of rotatable bonds is 6. The second kappa shape index (κ2) is 8.46. The number of fused-ring (bicyclic) bond motifs is 2. The maximum absolute atomic E-state index is 12.4. The van der Waals surface area contributed by atoms with E-state index in [1.54, 1.807) is 4.68 Å². The lowest BCUT2D eigenvalue weighted by Crippen LogP contribution is -2.46. The van der Waals surface area contributed by atoms with Gasteiger partial charge in [-0.05, 0) is 70.4 Å². The van der Waals surface area contributed by atoms with Gasteiger partial charge in [-0.3, -0.25) is 9.69 Å². The van der Waals surface area contributed by atoms with Gasteiger partial charge in [0.05, 0.1) is 12.2 Å². The number of aryl methyl sites for hydroxylation is 4. The van der Waals surface area contributed by atoms with Gasteiger partial charge >= 0.3 is 0 Å². The SMILES string of the molecule is Cc1nc2c(c(NCC3CCCCN3CCn3nc4c(cc3=O)CCC4)n1)CCC2. The van der Waals surface area contributed by atoms with Gasteiger partial charge in [0.25, 0.3) is 5.56 Å². The number of likely N-dealkylation sites (tertiary alicyclic amines) is 1. The van der Waals surface area contributed by atoms with Crippen LogP contribution in [0.15, 0.2) is 10.9 Å². The first-order valence-corrected chi connectivity index (χ1v) is 11.6. The smallest absolute Gasteiger partial charge is 0.267 e. The van der Waals surface area contributed by atoms with Crippen LogP contribution in [0.1, 0.15) is 60.4 Å². The number of piperidine rings is 1. The Hall–Kier alpha value is -2.28. The van der Waals surface area contributed by atoms with Crippen molar-refractivity contribution >= 4 is 5.82 Å². The molecule has 1 N–H and O–H groups in total. The summed E-state index contributed by atoms with van der Waals surface area (Å²) in [5.41, 5.74) is 4.88. The lowest BCUT2D eigenvalue weighted by molar-refractivity contribution is 0.148. The first kappa shape index (κ1) is 19.7. The van der Waals surface area contributed by atoms with E-state index < -0.39 is 0 Å². The highest BCUT2D eigenvalue weighted by Gasteiger charge is 2.24. The molecule has 0 aromatic carbocycles. The molecule has 3 aliphatic rings. The van der Waals surface area contributed by atoms with E-state index >= 15 is 0 Å². The third kappa shape index (κ3) is 4.00. The predicted molar refractivity (Wildman–Crippen MR) is 117 cm³/mol. The highest BCUT2D eigenvalue weighted by Crippen LogP contribution is 2.27. The van der Waals surface area contributed by atoms with Crippen molar-refractivity contribution in [3.8, 4) is 0 Å². The molecular formula is C23H32N6O. The van der Waals surface area contributed by atoms with Crippen LogP contribution in [-0.2, 0) is 32.2 Å². The van der Waals surface area contributed by atoms with Gasteiger partial charge in [0, 0.05) is 36.5 Å². The number of hydrogen-bond acceptors (Lipinski definition) is 6. The molecule has 2 aromatic rings. The Labute approximate surface area is 177 Å². The van der Waals surface area contributed by atoms with Crippen LogP contribution in [0.25, 0.3) is 0 Å². The summed E-state index contributed by atoms with van der Waals surface area (Å²) in [6, 6.07) is 2.28. The average Bonchev–Trinajstić information content (AvgIpc) is 3.39. The van der Waals surface area contributed by atoms with Gasteiger partial charge in [-0.2, -0.15) is 5.10 Å². The van der Waals surface area contributed by atoms with Crippen LogP contribution in [0.2, 0.25) is 0 Å². The zero-order valence-corrected chi connectivity index (χ0v) is 18.0. The quantitative estimate of drug-likeness (QED) is 0.790. The Kier molecular flexibility index (Phi) is 5.54. The summed E-state index contributed by atoms with van der Waals surface area (Å²) in [6.45, 7) is 5.52. The van der Waals surface area contributed by atoms with Crippen LogP contribution >= 0.6 is 0 Å². The van der Waals surface area contributed by atoms with Crippen LogP contribution < -0.4 is 10.9 Å². The molecule has 0 spiro atoms. The summed E-state index contributed by atoms with van der Waals surface area (Å²) in [5.74, 6) is 1.90. The molecule has 30 heavy (non-hydrogen) atoms. The summed E-state index contributed by atoms with van der Waals surface area (Å²) in [7, 11) is 0. The lowest BCUT2D eigenvalue weighted by Gasteiger charge is -2.36. The summed E-state index contributed by atoms with van der Waals surface area (Å²) in [4.78, 5) is 24.3. The normalized spacial score (nSPS) is 20.9. The fourth-order valence-corrected chi connectivity index (χ4v) is 5.32. The van der Waals surface area contributed by atoms with Crippen molar-refractivity contribution in [3.63, 3.8) is 0 Å². The molecule has 2 aliphatic carbocycles. The summed E-state index contributed by atoms with van der Waals surface area (Å²) in [5, 5.41) is 8.30. The van der Waals surface area contributed by atoms with Crippen LogP contribution in [0.4, 0.5) is 5.82 Å². The van der Waals surface area contributed by atoms with E-state index in [1.807, 2.05) is 13.0 Å². The van der Waals surface area contributed by atoms with Crippen molar-refractivity contribution in [2.75, 3.05) is 25.0 Å². The summed E-state index contributed by atoms with van der Waals surface area (Å²) >= 11 is 0. The van der Waals surface area contributed by atoms with Crippen molar-refractivity contribution in [2.24, 2.45) is 0 Å². The zero-order valence-electron chi connectivity index (χ0n) is 18.0. The first-order chi connectivity index (χ1) is 14.7. The van der Waals surface area contributed by atoms with Gasteiger partial charge in [-0.1, -0.05) is 6.42 Å². The maximum Gasteiger partial charge on any atom is 0.267 e. The molecule has 7 heteroatoms. The van der Waals surface area contributed by atoms with E-state index in [9.17, 15) is 4.79 Å². The highest BCUT2D eigenvalue weighted by molar-refractivity contribution is 5.48. The van der Waals surface area contributed by atoms with Gasteiger partial charge in [-0.15, -0.1) is 0 Å². The summed E-state index contributed by atoms with van der Waals surface area (Å²) in [6.07, 6.45) is 10.2. The van der Waals surface area contributed by atoms with E-state index in [4.69, 9.17) is 4.98 Å². The van der Waals surface area contributed by atoms with Crippen LogP contribution in [0, 0.1) is 6.92 Å². The number of hydrogen-bond donors (Lipinski definition) is 1. The molecule has 1 saturated heterocycles. The Morgan fingerprint density at radius 2 is 1.90 bits per heavy atom. The molecule has 160 valence electrons. The highest BCUT2D eigenvalue weighted by atomic mass is 16.1. The van der Waals surface area contributed by atoms with E-state index in [1.165, 1.54) is 36.9 Å². The number of nitrogens with zero attached hydrogens (tertiary/aromatic N) is 5. The molecule has 0 bridgehead atoms. The third-order valence-corrected chi connectivity index (χ3v) is 6.92. The van der Waals surface area contributed by atoms with Crippen molar-refractivity contribution in [2.45, 2.75) is 77.3 Å². The molecule has 3 heterocycles. The Morgan fingerprint density at radius 1 is 1.03 bits per heavy atom. The topological polar surface area (TPSA) is 75.9 Å². The van der Waals surface area contributed by atoms with Crippen LogP contribution in [0.3, 0.4) is 0 Å². The van der Waals surface area contributed by atoms with E-state index in [0.29, 0.717) is 12.6 Å². The van der Waals surface area contributed by atoms with Gasteiger partial charge in [0.2, 0.25) is 0 Å². The van der Waals surface area contributed by atoms with Gasteiger partial charge in [0.1, 0.15) is 11.6 Å². The number of nitrogens with one attached hydrogen (secondary N) is 1. The Balaban J connectivity index is 1.24. The molecule has 7 nitrogen and oxygen atoms in total. The largest absolute Gasteiger partial charge is 0.368 e. The maximum atomic E-state index is 12.4. The van der Waals surface area contributed by atoms with Crippen LogP contribution in [-0.4, -0.2) is 50.3 Å². The summed E-state index contributed by atoms with van der Waals surface area (Å²) < 4.78 is 1.68. The molecular weight excluding hydrogens is 376 g/mol. The molecule has 5 rings (SSSR count). The molecule has 1 fully saturated rings. The first-order valence-electron chi connectivity index (χ1n) is 11.6. The zero-order chi connectivity index (χ0) is 20.5. The second-order valence-electron chi connectivity index (χ2n) is 9.00. The number of aromatic nitrogens is 4. The molecule has 1 unspecified atom stereocenters. The third-order valence-electron chi connectivity index (χ3n) is 6.92. The number of anilines is 1. The van der Waals surface area contributed by atoms with Crippen molar-refractivity contribution in [1.29, 1.82) is 0 Å². The fourth-order valence-electron chi connectivity index (χ4n) is 5.32. The van der Waals surface area contributed by atoms with Crippen LogP contribution in [0.5, 0.6) is 0 Å². The van der Waals surface area contributed by atoms with Gasteiger partial charge in [0.15, 0.2) is 0 Å². The molecule has 0 saturated carbocycles. The minimum absolute atomic E-state index is 0.0503. The molecule has 1 aliphatic heterocycles. The Bertz CT molecular complexity index is 984. The molecule has 2 aromatic heterocycles. The van der Waals surface area contributed by atoms with E-state index in [0.717, 1.165) is 74.6 Å². The Morgan fingerprint density at radius 3 is 2.83 bits per heavy atom.